The van der Waals surface area contributed by atoms with Gasteiger partial charge in [-0.05, 0) is 25.6 Å². The van der Waals surface area contributed by atoms with Gasteiger partial charge in [-0.1, -0.05) is 29.8 Å². The Morgan fingerprint density at radius 2 is 2.33 bits per heavy atom. The fraction of sp³-hybridized carbons (Fsp3) is 0.636. The number of nitrogens with one attached hydrogen (secondary N) is 1. The van der Waals surface area contributed by atoms with E-state index in [-0.39, 0.29) is 12.4 Å². The normalized spacial score (nSPS) is 19.1. The predicted octanol–water partition coefficient (Wildman–Crippen LogP) is 2.79. The summed E-state index contributed by atoms with van der Waals surface area (Å²) >= 11 is 7.35. The number of hydrogen-bond acceptors (Lipinski definition) is 5. The Balaban J connectivity index is 0.00000162. The molecule has 1 aromatic heterocycles. The van der Waals surface area contributed by atoms with Crippen molar-refractivity contribution in [3.05, 3.63) is 11.2 Å². The lowest BCUT2D eigenvalue weighted by molar-refractivity contribution is 0.230. The zero-order chi connectivity index (χ0) is 12.1. The van der Waals surface area contributed by atoms with Gasteiger partial charge in [0.2, 0.25) is 5.88 Å². The minimum absolute atomic E-state index is 0. The van der Waals surface area contributed by atoms with Gasteiger partial charge >= 0.3 is 0 Å². The Hall–Kier alpha value is -0.230. The van der Waals surface area contributed by atoms with Crippen LogP contribution in [0, 0.1) is 0 Å². The van der Waals surface area contributed by atoms with Crippen molar-refractivity contribution in [1.29, 1.82) is 0 Å². The van der Waals surface area contributed by atoms with Crippen LogP contribution < -0.4 is 10.1 Å². The van der Waals surface area contributed by atoms with E-state index in [2.05, 4.69) is 15.3 Å². The first-order valence-corrected chi connectivity index (χ1v) is 7.33. The highest BCUT2D eigenvalue weighted by Crippen LogP contribution is 2.19. The monoisotopic (exact) mass is 309 g/mol. The lowest BCUT2D eigenvalue weighted by Gasteiger charge is -2.23. The maximum absolute atomic E-state index is 5.89. The average Bonchev–Trinajstić information content (AvgIpc) is 2.37. The van der Waals surface area contributed by atoms with Gasteiger partial charge in [0.25, 0.3) is 0 Å². The Morgan fingerprint density at radius 1 is 1.50 bits per heavy atom. The molecule has 0 aliphatic carbocycles. The molecule has 1 aromatic rings. The molecule has 1 unspecified atom stereocenters. The fourth-order valence-electron chi connectivity index (χ4n) is 1.79. The molecule has 18 heavy (non-hydrogen) atoms. The first kappa shape index (κ1) is 15.8. The smallest absolute Gasteiger partial charge is 0.218 e. The van der Waals surface area contributed by atoms with Crippen LogP contribution in [0.1, 0.15) is 19.3 Å². The zero-order valence-electron chi connectivity index (χ0n) is 10.2. The second-order valence-electron chi connectivity index (χ2n) is 3.97. The molecule has 4 nitrogen and oxygen atoms in total. The van der Waals surface area contributed by atoms with Crippen molar-refractivity contribution in [2.24, 2.45) is 0 Å². The van der Waals surface area contributed by atoms with Crippen LogP contribution in [0.2, 0.25) is 5.15 Å². The van der Waals surface area contributed by atoms with E-state index in [0.717, 1.165) is 13.0 Å². The molecule has 2 heterocycles. The van der Waals surface area contributed by atoms with Crippen LogP contribution in [0.4, 0.5) is 0 Å². The summed E-state index contributed by atoms with van der Waals surface area (Å²) in [6, 6.07) is 2.08. The van der Waals surface area contributed by atoms with Crippen LogP contribution in [0.5, 0.6) is 5.88 Å². The van der Waals surface area contributed by atoms with Gasteiger partial charge in [0.1, 0.15) is 11.8 Å². The summed E-state index contributed by atoms with van der Waals surface area (Å²) in [6.07, 6.45) is 5.60. The molecule has 1 aliphatic rings. The minimum atomic E-state index is 0. The third-order valence-corrected chi connectivity index (χ3v) is 3.42. The highest BCUT2D eigenvalue weighted by molar-refractivity contribution is 7.98. The standard InChI is InChI=1S/C11H16ClN3OS.ClH/c1-17-11-14-9(12)6-10(15-11)16-7-8-4-2-3-5-13-8;/h6,8,13H,2-5,7H2,1H3;1H. The summed E-state index contributed by atoms with van der Waals surface area (Å²) in [6.45, 7) is 1.72. The average molecular weight is 310 g/mol. The summed E-state index contributed by atoms with van der Waals surface area (Å²) < 4.78 is 5.66. The Kier molecular flexibility index (Phi) is 7.07. The molecule has 0 radical (unpaired) electrons. The number of ether oxygens (including phenoxy) is 1. The molecule has 0 spiro atoms. The minimum Gasteiger partial charge on any atom is -0.476 e. The Labute approximate surface area is 123 Å². The molecule has 0 amide bonds. The molecule has 1 N–H and O–H groups in total. The van der Waals surface area contributed by atoms with Crippen molar-refractivity contribution >= 4 is 35.8 Å². The van der Waals surface area contributed by atoms with Gasteiger partial charge in [-0.3, -0.25) is 0 Å². The lowest BCUT2D eigenvalue weighted by atomic mass is 10.1. The van der Waals surface area contributed by atoms with E-state index < -0.39 is 0 Å². The second-order valence-corrected chi connectivity index (χ2v) is 5.13. The van der Waals surface area contributed by atoms with Gasteiger partial charge in [0.15, 0.2) is 5.16 Å². The molecule has 7 heteroatoms. The predicted molar refractivity (Wildman–Crippen MR) is 77.2 cm³/mol. The summed E-state index contributed by atoms with van der Waals surface area (Å²) in [5.41, 5.74) is 0. The third kappa shape index (κ3) is 4.80. The maximum Gasteiger partial charge on any atom is 0.218 e. The van der Waals surface area contributed by atoms with Crippen LogP contribution in [0.25, 0.3) is 0 Å². The molecule has 2 rings (SSSR count). The molecular weight excluding hydrogens is 293 g/mol. The first-order chi connectivity index (χ1) is 8.28. The van der Waals surface area contributed by atoms with Gasteiger partial charge in [0, 0.05) is 12.1 Å². The van der Waals surface area contributed by atoms with E-state index in [1.807, 2.05) is 6.26 Å². The summed E-state index contributed by atoms with van der Waals surface area (Å²) in [4.78, 5) is 8.32. The molecule has 1 fully saturated rings. The van der Waals surface area contributed by atoms with E-state index >= 15 is 0 Å². The Morgan fingerprint density at radius 3 is 3.00 bits per heavy atom. The Bertz CT molecular complexity index is 375. The number of rotatable bonds is 4. The first-order valence-electron chi connectivity index (χ1n) is 5.72. The van der Waals surface area contributed by atoms with Gasteiger partial charge in [-0.25, -0.2) is 4.98 Å². The van der Waals surface area contributed by atoms with Crippen LogP contribution in [0.15, 0.2) is 11.2 Å². The number of aromatic nitrogens is 2. The van der Waals surface area contributed by atoms with E-state index in [0.29, 0.717) is 28.8 Å². The quantitative estimate of drug-likeness (QED) is 0.526. The summed E-state index contributed by atoms with van der Waals surface area (Å²) in [7, 11) is 0. The van der Waals surface area contributed by atoms with Crippen LogP contribution in [-0.4, -0.2) is 35.4 Å². The van der Waals surface area contributed by atoms with E-state index in [4.69, 9.17) is 16.3 Å². The SMILES string of the molecule is CSc1nc(Cl)cc(OCC2CCCCN2)n1.Cl. The van der Waals surface area contributed by atoms with Gasteiger partial charge in [-0.15, -0.1) is 12.4 Å². The van der Waals surface area contributed by atoms with E-state index in [1.54, 1.807) is 6.07 Å². The van der Waals surface area contributed by atoms with Crippen LogP contribution >= 0.6 is 35.8 Å². The van der Waals surface area contributed by atoms with Gasteiger partial charge in [-0.2, -0.15) is 4.98 Å². The molecule has 0 aromatic carbocycles. The van der Waals surface area contributed by atoms with Crippen molar-refractivity contribution in [1.82, 2.24) is 15.3 Å². The van der Waals surface area contributed by atoms with Crippen molar-refractivity contribution in [2.45, 2.75) is 30.5 Å². The molecule has 0 saturated carbocycles. The molecule has 102 valence electrons. The number of thioether (sulfide) groups is 1. The molecule has 1 saturated heterocycles. The van der Waals surface area contributed by atoms with Crippen LogP contribution in [0.3, 0.4) is 0 Å². The lowest BCUT2D eigenvalue weighted by Crippen LogP contribution is -2.38. The van der Waals surface area contributed by atoms with E-state index in [9.17, 15) is 0 Å². The highest BCUT2D eigenvalue weighted by Gasteiger charge is 2.13. The molecule has 1 aliphatic heterocycles. The van der Waals surface area contributed by atoms with Gasteiger partial charge in [0.05, 0.1) is 0 Å². The molecule has 0 bridgehead atoms. The molecular formula is C11H17Cl2N3OS. The summed E-state index contributed by atoms with van der Waals surface area (Å²) in [5.74, 6) is 0.557. The van der Waals surface area contributed by atoms with Crippen molar-refractivity contribution in [2.75, 3.05) is 19.4 Å². The van der Waals surface area contributed by atoms with Gasteiger partial charge < -0.3 is 10.1 Å². The second kappa shape index (κ2) is 8.04. The fourth-order valence-corrected chi connectivity index (χ4v) is 2.39. The van der Waals surface area contributed by atoms with Crippen molar-refractivity contribution < 1.29 is 4.74 Å². The number of nitrogens with zero attached hydrogens (tertiary/aromatic N) is 2. The third-order valence-electron chi connectivity index (χ3n) is 2.68. The topological polar surface area (TPSA) is 47.0 Å². The largest absolute Gasteiger partial charge is 0.476 e. The number of halogens is 2. The van der Waals surface area contributed by atoms with Crippen molar-refractivity contribution in [3.63, 3.8) is 0 Å². The van der Waals surface area contributed by atoms with Crippen LogP contribution in [-0.2, 0) is 0 Å². The van der Waals surface area contributed by atoms with Crippen molar-refractivity contribution in [3.8, 4) is 5.88 Å². The number of hydrogen-bond donors (Lipinski definition) is 1. The highest BCUT2D eigenvalue weighted by atomic mass is 35.5. The summed E-state index contributed by atoms with van der Waals surface area (Å²) in [5, 5.41) is 4.50. The molecule has 1 atom stereocenters. The number of piperidine rings is 1. The maximum atomic E-state index is 5.89. The van der Waals surface area contributed by atoms with E-state index in [1.165, 1.54) is 24.6 Å². The zero-order valence-corrected chi connectivity index (χ0v) is 12.6.